The van der Waals surface area contributed by atoms with E-state index < -0.39 is 5.91 Å². The number of amides is 1. The van der Waals surface area contributed by atoms with Crippen LogP contribution in [-0.2, 0) is 0 Å². The number of hydrogen-bond acceptors (Lipinski definition) is 7. The Bertz CT molecular complexity index is 933. The molecule has 27 heavy (non-hydrogen) atoms. The van der Waals surface area contributed by atoms with Gasteiger partial charge in [0, 0.05) is 12.4 Å². The molecule has 0 radical (unpaired) electrons. The van der Waals surface area contributed by atoms with E-state index in [1.165, 1.54) is 6.33 Å². The molecule has 0 aliphatic carbocycles. The summed E-state index contributed by atoms with van der Waals surface area (Å²) in [5.74, 6) is -0.402. The molecule has 3 rings (SSSR count). The molecule has 138 valence electrons. The number of aromatic nitrogens is 4. The van der Waals surface area contributed by atoms with Gasteiger partial charge in [-0.1, -0.05) is 29.8 Å². The van der Waals surface area contributed by atoms with Crippen molar-refractivity contribution >= 4 is 21.8 Å². The van der Waals surface area contributed by atoms with Crippen LogP contribution in [0.25, 0.3) is 11.1 Å². The van der Waals surface area contributed by atoms with Gasteiger partial charge in [-0.05, 0) is 28.4 Å². The van der Waals surface area contributed by atoms with E-state index >= 15 is 0 Å². The molecule has 1 aromatic carbocycles. The van der Waals surface area contributed by atoms with Crippen molar-refractivity contribution < 1.29 is 14.3 Å². The minimum Gasteiger partial charge on any atom is -0.473 e. The molecule has 9 heteroatoms. The van der Waals surface area contributed by atoms with E-state index in [9.17, 15) is 4.79 Å². The van der Waals surface area contributed by atoms with E-state index in [0.29, 0.717) is 5.56 Å². The van der Waals surface area contributed by atoms with Crippen LogP contribution in [0.15, 0.2) is 47.5 Å². The van der Waals surface area contributed by atoms with Gasteiger partial charge in [-0.25, -0.2) is 19.9 Å². The third-order valence-electron chi connectivity index (χ3n) is 3.54. The fraction of sp³-hybridized carbons (Fsp3) is 0.167. The number of carbonyl (C=O) groups excluding carboxylic acids is 1. The lowest BCUT2D eigenvalue weighted by Crippen LogP contribution is -2.17. The van der Waals surface area contributed by atoms with E-state index in [0.717, 1.165) is 15.6 Å². The van der Waals surface area contributed by atoms with Crippen molar-refractivity contribution in [1.82, 2.24) is 19.9 Å². The average molecular weight is 430 g/mol. The van der Waals surface area contributed by atoms with Gasteiger partial charge in [0.25, 0.3) is 5.91 Å². The van der Waals surface area contributed by atoms with Crippen LogP contribution in [0.1, 0.15) is 16.1 Å². The number of carbonyl (C=O) groups is 1. The smallest absolute Gasteiger partial charge is 0.316 e. The molecule has 2 heterocycles. The Balaban J connectivity index is 1.76. The maximum Gasteiger partial charge on any atom is 0.316 e. The van der Waals surface area contributed by atoms with Gasteiger partial charge in [-0.15, -0.1) is 0 Å². The van der Waals surface area contributed by atoms with Crippen LogP contribution in [0.2, 0.25) is 0 Å². The second-order valence-electron chi connectivity index (χ2n) is 5.51. The second-order valence-corrected chi connectivity index (χ2v) is 6.43. The van der Waals surface area contributed by atoms with Gasteiger partial charge < -0.3 is 15.2 Å². The molecule has 0 bridgehead atoms. The van der Waals surface area contributed by atoms with Gasteiger partial charge >= 0.3 is 6.01 Å². The highest BCUT2D eigenvalue weighted by atomic mass is 79.9. The molecular formula is C18H16BrN5O3. The standard InChI is InChI=1S/C18H16BrN5O3/c1-11-2-4-12(5-3-11)14-15(16(20)25)23-10-24-17(14)26-6-7-27-18-21-8-13(19)9-22-18/h2-5,8-10H,6-7H2,1H3,(H2,20,25). The third kappa shape index (κ3) is 4.76. The van der Waals surface area contributed by atoms with Crippen LogP contribution in [-0.4, -0.2) is 39.1 Å². The van der Waals surface area contributed by atoms with E-state index in [2.05, 4.69) is 35.9 Å². The molecule has 0 atom stereocenters. The Morgan fingerprint density at radius 1 is 1.04 bits per heavy atom. The van der Waals surface area contributed by atoms with Crippen molar-refractivity contribution in [2.75, 3.05) is 13.2 Å². The topological polar surface area (TPSA) is 113 Å². The number of hydrogen-bond donors (Lipinski definition) is 1. The largest absolute Gasteiger partial charge is 0.473 e. The molecule has 2 N–H and O–H groups in total. The lowest BCUT2D eigenvalue weighted by atomic mass is 10.0. The molecule has 0 aliphatic heterocycles. The van der Waals surface area contributed by atoms with Crippen LogP contribution in [0.4, 0.5) is 0 Å². The summed E-state index contributed by atoms with van der Waals surface area (Å²) in [5, 5.41) is 0. The minimum atomic E-state index is -0.655. The number of rotatable bonds is 7. The van der Waals surface area contributed by atoms with Gasteiger partial charge in [0.05, 0.1) is 10.0 Å². The molecule has 0 saturated carbocycles. The number of primary amides is 1. The molecule has 0 saturated heterocycles. The zero-order valence-corrected chi connectivity index (χ0v) is 16.0. The second kappa shape index (κ2) is 8.54. The predicted octanol–water partition coefficient (Wildman–Crippen LogP) is 2.56. The Labute approximate surface area is 163 Å². The van der Waals surface area contributed by atoms with Crippen molar-refractivity contribution in [3.63, 3.8) is 0 Å². The number of aryl methyl sites for hydroxylation is 1. The lowest BCUT2D eigenvalue weighted by molar-refractivity contribution is 0.0995. The van der Waals surface area contributed by atoms with Crippen LogP contribution >= 0.6 is 15.9 Å². The summed E-state index contributed by atoms with van der Waals surface area (Å²) in [6, 6.07) is 7.80. The summed E-state index contributed by atoms with van der Waals surface area (Å²) in [4.78, 5) is 28.0. The summed E-state index contributed by atoms with van der Waals surface area (Å²) >= 11 is 3.25. The van der Waals surface area contributed by atoms with E-state index in [1.54, 1.807) is 12.4 Å². The van der Waals surface area contributed by atoms with Gasteiger partial charge in [0.15, 0.2) is 0 Å². The van der Waals surface area contributed by atoms with Crippen molar-refractivity contribution in [2.45, 2.75) is 6.92 Å². The van der Waals surface area contributed by atoms with E-state index in [1.807, 2.05) is 31.2 Å². The first-order valence-corrected chi connectivity index (χ1v) is 8.79. The maximum absolute atomic E-state index is 11.8. The first kappa shape index (κ1) is 18.7. The van der Waals surface area contributed by atoms with Crippen LogP contribution in [0, 0.1) is 6.92 Å². The highest BCUT2D eigenvalue weighted by Crippen LogP contribution is 2.30. The highest BCUT2D eigenvalue weighted by Gasteiger charge is 2.18. The molecule has 1 amide bonds. The Kier molecular flexibility index (Phi) is 5.92. The first-order valence-electron chi connectivity index (χ1n) is 7.99. The lowest BCUT2D eigenvalue weighted by Gasteiger charge is -2.13. The van der Waals surface area contributed by atoms with Crippen LogP contribution < -0.4 is 15.2 Å². The highest BCUT2D eigenvalue weighted by molar-refractivity contribution is 9.10. The van der Waals surface area contributed by atoms with Crippen molar-refractivity contribution in [1.29, 1.82) is 0 Å². The Hall–Kier alpha value is -3.07. The first-order chi connectivity index (χ1) is 13.0. The van der Waals surface area contributed by atoms with Gasteiger partial charge in [0.2, 0.25) is 5.88 Å². The third-order valence-corrected chi connectivity index (χ3v) is 3.95. The van der Waals surface area contributed by atoms with Crippen LogP contribution in [0.3, 0.4) is 0 Å². The molecule has 8 nitrogen and oxygen atoms in total. The SMILES string of the molecule is Cc1ccc(-c2c(OCCOc3ncc(Br)cn3)ncnc2C(N)=O)cc1. The minimum absolute atomic E-state index is 0.0982. The number of halogens is 1. The quantitative estimate of drug-likeness (QED) is 0.573. The molecule has 0 spiro atoms. The Morgan fingerprint density at radius 2 is 1.70 bits per heavy atom. The van der Waals surface area contributed by atoms with Gasteiger partial charge in [0.1, 0.15) is 25.2 Å². The monoisotopic (exact) mass is 429 g/mol. The number of benzene rings is 1. The van der Waals surface area contributed by atoms with Crippen molar-refractivity contribution in [3.8, 4) is 23.0 Å². The zero-order valence-electron chi connectivity index (χ0n) is 14.4. The van der Waals surface area contributed by atoms with E-state index in [4.69, 9.17) is 15.2 Å². The molecule has 2 aromatic heterocycles. The average Bonchev–Trinajstić information content (AvgIpc) is 2.67. The van der Waals surface area contributed by atoms with Gasteiger partial charge in [-0.2, -0.15) is 0 Å². The summed E-state index contributed by atoms with van der Waals surface area (Å²) in [6.45, 7) is 2.34. The molecule has 0 aliphatic rings. The zero-order chi connectivity index (χ0) is 19.2. The summed E-state index contributed by atoms with van der Waals surface area (Å²) in [6.07, 6.45) is 4.41. The summed E-state index contributed by atoms with van der Waals surface area (Å²) in [7, 11) is 0. The number of ether oxygens (including phenoxy) is 2. The Morgan fingerprint density at radius 3 is 2.37 bits per heavy atom. The fourth-order valence-electron chi connectivity index (χ4n) is 2.29. The number of nitrogens with two attached hydrogens (primary N) is 1. The maximum atomic E-state index is 11.8. The number of nitrogens with zero attached hydrogens (tertiary/aromatic N) is 4. The normalized spacial score (nSPS) is 10.4. The molecule has 3 aromatic rings. The molecule has 0 fully saturated rings. The molecular weight excluding hydrogens is 414 g/mol. The fourth-order valence-corrected chi connectivity index (χ4v) is 2.50. The molecule has 0 unspecified atom stereocenters. The van der Waals surface area contributed by atoms with Crippen molar-refractivity contribution in [3.05, 3.63) is 58.7 Å². The van der Waals surface area contributed by atoms with E-state index in [-0.39, 0.29) is 30.8 Å². The summed E-state index contributed by atoms with van der Waals surface area (Å²) in [5.41, 5.74) is 7.83. The van der Waals surface area contributed by atoms with Gasteiger partial charge in [-0.3, -0.25) is 4.79 Å². The van der Waals surface area contributed by atoms with Crippen LogP contribution in [0.5, 0.6) is 11.9 Å². The van der Waals surface area contributed by atoms with Crippen molar-refractivity contribution in [2.24, 2.45) is 5.73 Å². The predicted molar refractivity (Wildman–Crippen MR) is 101 cm³/mol. The summed E-state index contributed by atoms with van der Waals surface area (Å²) < 4.78 is 11.9.